The molecule has 8 heteroatoms. The molecule has 1 amide bonds. The Labute approximate surface area is 190 Å². The smallest absolute Gasteiger partial charge is 0.234 e. The van der Waals surface area contributed by atoms with Crippen LogP contribution in [0, 0.1) is 0 Å². The van der Waals surface area contributed by atoms with Gasteiger partial charge in [-0.2, -0.15) is 0 Å². The zero-order valence-electron chi connectivity index (χ0n) is 17.9. The van der Waals surface area contributed by atoms with Crippen LogP contribution in [0.5, 0.6) is 5.75 Å². The molecule has 32 heavy (non-hydrogen) atoms. The lowest BCUT2D eigenvalue weighted by Gasteiger charge is -2.11. The van der Waals surface area contributed by atoms with Crippen LogP contribution in [0.3, 0.4) is 0 Å². The number of rotatable bonds is 9. The van der Waals surface area contributed by atoms with Gasteiger partial charge in [0.05, 0.1) is 24.3 Å². The number of thioether (sulfide) groups is 1. The predicted octanol–water partition coefficient (Wildman–Crippen LogP) is 5.22. The highest BCUT2D eigenvalue weighted by atomic mass is 32.2. The Morgan fingerprint density at radius 3 is 2.50 bits per heavy atom. The van der Waals surface area contributed by atoms with Crippen molar-refractivity contribution in [3.05, 3.63) is 72.5 Å². The summed E-state index contributed by atoms with van der Waals surface area (Å²) in [5, 5.41) is 12.1. The van der Waals surface area contributed by atoms with Crippen molar-refractivity contribution >= 4 is 23.4 Å². The Morgan fingerprint density at radius 2 is 1.84 bits per heavy atom. The highest BCUT2D eigenvalue weighted by Crippen LogP contribution is 2.29. The minimum absolute atomic E-state index is 0.111. The molecule has 0 saturated heterocycles. The number of ether oxygens (including phenoxy) is 1. The standard InChI is InChI=1S/C24H24N4O3S/c1-3-17-7-9-18(10-8-17)25-22(29)16-32-24-27-26-23(21-6-5-15-31-21)28(24)19-11-13-20(14-12-19)30-4-2/h5-15H,3-4,16H2,1-2H3,(H,25,29). The topological polar surface area (TPSA) is 82.2 Å². The van der Waals surface area contributed by atoms with E-state index >= 15 is 0 Å². The molecule has 0 aliphatic rings. The van der Waals surface area contributed by atoms with Crippen LogP contribution < -0.4 is 10.1 Å². The minimum atomic E-state index is -0.111. The summed E-state index contributed by atoms with van der Waals surface area (Å²) < 4.78 is 13.0. The van der Waals surface area contributed by atoms with E-state index in [-0.39, 0.29) is 11.7 Å². The van der Waals surface area contributed by atoms with E-state index in [1.54, 1.807) is 12.3 Å². The van der Waals surface area contributed by atoms with E-state index < -0.39 is 0 Å². The van der Waals surface area contributed by atoms with Crippen LogP contribution in [0.15, 0.2) is 76.5 Å². The largest absolute Gasteiger partial charge is 0.494 e. The van der Waals surface area contributed by atoms with E-state index in [0.717, 1.165) is 23.5 Å². The number of nitrogens with zero attached hydrogens (tertiary/aromatic N) is 3. The van der Waals surface area contributed by atoms with Crippen molar-refractivity contribution in [3.8, 4) is 23.0 Å². The molecule has 0 atom stereocenters. The van der Waals surface area contributed by atoms with E-state index in [1.165, 1.54) is 17.3 Å². The van der Waals surface area contributed by atoms with Gasteiger partial charge in [0, 0.05) is 5.69 Å². The molecule has 7 nitrogen and oxygen atoms in total. The Morgan fingerprint density at radius 1 is 1.06 bits per heavy atom. The van der Waals surface area contributed by atoms with Crippen molar-refractivity contribution in [2.24, 2.45) is 0 Å². The van der Waals surface area contributed by atoms with Crippen molar-refractivity contribution in [1.29, 1.82) is 0 Å². The molecule has 0 fully saturated rings. The molecule has 0 aliphatic heterocycles. The quantitative estimate of drug-likeness (QED) is 0.354. The third kappa shape index (κ3) is 5.03. The monoisotopic (exact) mass is 448 g/mol. The zero-order valence-corrected chi connectivity index (χ0v) is 18.8. The van der Waals surface area contributed by atoms with E-state index in [1.807, 2.05) is 66.1 Å². The fourth-order valence-corrected chi connectivity index (χ4v) is 3.92. The normalized spacial score (nSPS) is 10.8. The van der Waals surface area contributed by atoms with Crippen LogP contribution in [0.4, 0.5) is 5.69 Å². The summed E-state index contributed by atoms with van der Waals surface area (Å²) in [5.74, 6) is 2.03. The second kappa shape index (κ2) is 10.2. The number of hydrogen-bond donors (Lipinski definition) is 1. The van der Waals surface area contributed by atoms with Gasteiger partial charge in [-0.05, 0) is 67.4 Å². The molecule has 1 N–H and O–H groups in total. The number of nitrogens with one attached hydrogen (secondary N) is 1. The number of benzene rings is 2. The minimum Gasteiger partial charge on any atom is -0.494 e. The Kier molecular flexibility index (Phi) is 6.91. The molecule has 0 radical (unpaired) electrons. The van der Waals surface area contributed by atoms with Crippen molar-refractivity contribution in [2.75, 3.05) is 17.7 Å². The van der Waals surface area contributed by atoms with Gasteiger partial charge < -0.3 is 14.5 Å². The SMILES string of the molecule is CCOc1ccc(-n2c(SCC(=O)Nc3ccc(CC)cc3)nnc2-c2ccco2)cc1. The van der Waals surface area contributed by atoms with Gasteiger partial charge in [0.25, 0.3) is 0 Å². The molecular weight excluding hydrogens is 424 g/mol. The number of furan rings is 1. The number of aryl methyl sites for hydroxylation is 1. The average Bonchev–Trinajstić information content (AvgIpc) is 3.49. The first-order valence-electron chi connectivity index (χ1n) is 10.4. The number of amides is 1. The number of carbonyl (C=O) groups is 1. The average molecular weight is 449 g/mol. The first-order valence-corrected chi connectivity index (χ1v) is 11.4. The van der Waals surface area contributed by atoms with Crippen LogP contribution in [0.1, 0.15) is 19.4 Å². The molecule has 4 rings (SSSR count). The van der Waals surface area contributed by atoms with Gasteiger partial charge in [-0.25, -0.2) is 0 Å². The summed E-state index contributed by atoms with van der Waals surface area (Å²) in [6.45, 7) is 4.64. The number of aromatic nitrogens is 3. The second-order valence-electron chi connectivity index (χ2n) is 6.93. The highest BCUT2D eigenvalue weighted by Gasteiger charge is 2.19. The van der Waals surface area contributed by atoms with Crippen LogP contribution in [-0.2, 0) is 11.2 Å². The molecule has 2 heterocycles. The lowest BCUT2D eigenvalue weighted by atomic mass is 10.1. The first-order chi connectivity index (χ1) is 15.7. The molecule has 0 spiro atoms. The van der Waals surface area contributed by atoms with E-state index in [4.69, 9.17) is 9.15 Å². The second-order valence-corrected chi connectivity index (χ2v) is 7.88. The summed E-state index contributed by atoms with van der Waals surface area (Å²) in [6, 6.07) is 19.1. The molecule has 164 valence electrons. The van der Waals surface area contributed by atoms with Crippen molar-refractivity contribution in [2.45, 2.75) is 25.4 Å². The Balaban J connectivity index is 1.53. The molecule has 0 unspecified atom stereocenters. The molecule has 0 aliphatic carbocycles. The molecule has 2 aromatic heterocycles. The third-order valence-electron chi connectivity index (χ3n) is 4.76. The Bertz CT molecular complexity index is 1150. The maximum absolute atomic E-state index is 12.5. The predicted molar refractivity (Wildman–Crippen MR) is 125 cm³/mol. The fraction of sp³-hybridized carbons (Fsp3) is 0.208. The highest BCUT2D eigenvalue weighted by molar-refractivity contribution is 7.99. The first kappa shape index (κ1) is 21.7. The van der Waals surface area contributed by atoms with Crippen molar-refractivity contribution < 1.29 is 13.9 Å². The van der Waals surface area contributed by atoms with Gasteiger partial charge in [-0.15, -0.1) is 10.2 Å². The van der Waals surface area contributed by atoms with Gasteiger partial charge >= 0.3 is 0 Å². The lowest BCUT2D eigenvalue weighted by Crippen LogP contribution is -2.14. The summed E-state index contributed by atoms with van der Waals surface area (Å²) in [4.78, 5) is 12.5. The van der Waals surface area contributed by atoms with Crippen LogP contribution >= 0.6 is 11.8 Å². The van der Waals surface area contributed by atoms with E-state index in [2.05, 4.69) is 22.4 Å². The van der Waals surface area contributed by atoms with Gasteiger partial charge in [-0.3, -0.25) is 9.36 Å². The molecule has 4 aromatic rings. The third-order valence-corrected chi connectivity index (χ3v) is 5.69. The van der Waals surface area contributed by atoms with Gasteiger partial charge in [0.1, 0.15) is 5.75 Å². The summed E-state index contributed by atoms with van der Waals surface area (Å²) in [6.07, 6.45) is 2.56. The maximum atomic E-state index is 12.5. The Hall–Kier alpha value is -3.52. The van der Waals surface area contributed by atoms with E-state index in [0.29, 0.717) is 23.3 Å². The zero-order chi connectivity index (χ0) is 22.3. The van der Waals surface area contributed by atoms with Gasteiger partial charge in [0.2, 0.25) is 11.7 Å². The van der Waals surface area contributed by atoms with Gasteiger partial charge in [-0.1, -0.05) is 30.8 Å². The number of carbonyl (C=O) groups excluding carboxylic acids is 1. The number of hydrogen-bond acceptors (Lipinski definition) is 6. The molecule has 0 bridgehead atoms. The number of anilines is 1. The molecule has 2 aromatic carbocycles. The molecular formula is C24H24N4O3S. The van der Waals surface area contributed by atoms with Gasteiger partial charge in [0.15, 0.2) is 10.9 Å². The maximum Gasteiger partial charge on any atom is 0.234 e. The van der Waals surface area contributed by atoms with Crippen molar-refractivity contribution in [3.63, 3.8) is 0 Å². The summed E-state index contributed by atoms with van der Waals surface area (Å²) in [5.41, 5.74) is 2.85. The van der Waals surface area contributed by atoms with Crippen molar-refractivity contribution in [1.82, 2.24) is 14.8 Å². The summed E-state index contributed by atoms with van der Waals surface area (Å²) in [7, 11) is 0. The van der Waals surface area contributed by atoms with Crippen LogP contribution in [0.2, 0.25) is 0 Å². The fourth-order valence-electron chi connectivity index (χ4n) is 3.17. The van der Waals surface area contributed by atoms with E-state index in [9.17, 15) is 4.79 Å². The lowest BCUT2D eigenvalue weighted by molar-refractivity contribution is -0.113. The van der Waals surface area contributed by atoms with Crippen LogP contribution in [-0.4, -0.2) is 33.0 Å². The molecule has 0 saturated carbocycles. The van der Waals surface area contributed by atoms with Crippen LogP contribution in [0.25, 0.3) is 17.3 Å². The summed E-state index contributed by atoms with van der Waals surface area (Å²) >= 11 is 1.31.